The van der Waals surface area contributed by atoms with Gasteiger partial charge in [-0.15, -0.1) is 0 Å². The predicted octanol–water partition coefficient (Wildman–Crippen LogP) is 0.154. The first-order valence-electron chi connectivity index (χ1n) is 8.27. The first-order chi connectivity index (χ1) is 11.0. The Morgan fingerprint density at radius 3 is 2.91 bits per heavy atom. The zero-order valence-corrected chi connectivity index (χ0v) is 14.6. The number of carbonyl (C=O) groups excluding carboxylic acids is 1. The van der Waals surface area contributed by atoms with Gasteiger partial charge in [0, 0.05) is 45.0 Å². The van der Waals surface area contributed by atoms with E-state index in [1.165, 1.54) is 0 Å². The minimum Gasteiger partial charge on any atom is -0.374 e. The second-order valence-corrected chi connectivity index (χ2v) is 6.56. The molecule has 7 heteroatoms. The van der Waals surface area contributed by atoms with Gasteiger partial charge < -0.3 is 15.4 Å². The maximum Gasteiger partial charge on any atom is 0.241 e. The van der Waals surface area contributed by atoms with Crippen LogP contribution in [-0.4, -0.2) is 66.5 Å². The summed E-state index contributed by atoms with van der Waals surface area (Å²) in [7, 11) is 3.62. The SMILES string of the molecule is CNC(C(=O)NCC1CN(CC(C)C)CCO1)c1cnn(C)c1. The largest absolute Gasteiger partial charge is 0.374 e. The summed E-state index contributed by atoms with van der Waals surface area (Å²) in [4.78, 5) is 14.8. The fourth-order valence-corrected chi connectivity index (χ4v) is 2.94. The highest BCUT2D eigenvalue weighted by Crippen LogP contribution is 2.12. The number of ether oxygens (including phenoxy) is 1. The molecule has 7 nitrogen and oxygen atoms in total. The lowest BCUT2D eigenvalue weighted by Gasteiger charge is -2.34. The van der Waals surface area contributed by atoms with E-state index in [0.717, 1.165) is 31.8 Å². The van der Waals surface area contributed by atoms with E-state index in [4.69, 9.17) is 4.74 Å². The molecule has 1 aromatic rings. The Morgan fingerprint density at radius 1 is 1.52 bits per heavy atom. The number of aromatic nitrogens is 2. The fourth-order valence-electron chi connectivity index (χ4n) is 2.94. The third kappa shape index (κ3) is 5.30. The van der Waals surface area contributed by atoms with E-state index >= 15 is 0 Å². The topological polar surface area (TPSA) is 71.4 Å². The van der Waals surface area contributed by atoms with Gasteiger partial charge >= 0.3 is 0 Å². The average Bonchev–Trinajstić information content (AvgIpc) is 2.92. The van der Waals surface area contributed by atoms with Crippen molar-refractivity contribution in [3.05, 3.63) is 18.0 Å². The van der Waals surface area contributed by atoms with Crippen LogP contribution in [0.1, 0.15) is 25.5 Å². The van der Waals surface area contributed by atoms with Gasteiger partial charge in [0.25, 0.3) is 0 Å². The Morgan fingerprint density at radius 2 is 2.30 bits per heavy atom. The van der Waals surface area contributed by atoms with Crippen molar-refractivity contribution < 1.29 is 9.53 Å². The zero-order chi connectivity index (χ0) is 16.8. The molecule has 2 heterocycles. The molecule has 1 aromatic heterocycles. The second kappa shape index (κ2) is 8.42. The molecule has 2 atom stereocenters. The normalized spacial score (nSPS) is 20.7. The maximum atomic E-state index is 12.4. The number of nitrogens with one attached hydrogen (secondary N) is 2. The summed E-state index contributed by atoms with van der Waals surface area (Å²) in [5.41, 5.74) is 0.860. The average molecular weight is 323 g/mol. The van der Waals surface area contributed by atoms with Crippen LogP contribution in [0.3, 0.4) is 0 Å². The standard InChI is InChI=1S/C16H29N5O2/c1-12(2)9-21-5-6-23-14(11-21)8-18-16(22)15(17-3)13-7-19-20(4)10-13/h7,10,12,14-15,17H,5-6,8-9,11H2,1-4H3,(H,18,22). The lowest BCUT2D eigenvalue weighted by Crippen LogP contribution is -2.49. The van der Waals surface area contributed by atoms with Crippen molar-refractivity contribution in [3.63, 3.8) is 0 Å². The molecule has 0 aromatic carbocycles. The Kier molecular flexibility index (Phi) is 6.56. The molecular formula is C16H29N5O2. The van der Waals surface area contributed by atoms with Gasteiger partial charge in [0.05, 0.1) is 18.9 Å². The van der Waals surface area contributed by atoms with Crippen LogP contribution in [0.15, 0.2) is 12.4 Å². The van der Waals surface area contributed by atoms with Crippen molar-refractivity contribution in [1.82, 2.24) is 25.3 Å². The van der Waals surface area contributed by atoms with E-state index in [2.05, 4.69) is 34.5 Å². The van der Waals surface area contributed by atoms with E-state index < -0.39 is 0 Å². The number of hydrogen-bond acceptors (Lipinski definition) is 5. The molecule has 2 N–H and O–H groups in total. The van der Waals surface area contributed by atoms with Gasteiger partial charge in [0.2, 0.25) is 5.91 Å². The summed E-state index contributed by atoms with van der Waals surface area (Å²) in [5, 5.41) is 10.2. The summed E-state index contributed by atoms with van der Waals surface area (Å²) in [6.45, 7) is 8.61. The van der Waals surface area contributed by atoms with Gasteiger partial charge in [-0.25, -0.2) is 0 Å². The van der Waals surface area contributed by atoms with E-state index in [1.54, 1.807) is 17.9 Å². The van der Waals surface area contributed by atoms with E-state index in [1.807, 2.05) is 13.2 Å². The van der Waals surface area contributed by atoms with E-state index in [9.17, 15) is 4.79 Å². The number of amides is 1. The molecule has 1 aliphatic heterocycles. The van der Waals surface area contributed by atoms with Crippen molar-refractivity contribution in [2.75, 3.05) is 39.8 Å². The molecular weight excluding hydrogens is 294 g/mol. The number of carbonyl (C=O) groups is 1. The highest BCUT2D eigenvalue weighted by Gasteiger charge is 2.24. The van der Waals surface area contributed by atoms with Crippen LogP contribution in [0.5, 0.6) is 0 Å². The van der Waals surface area contributed by atoms with Gasteiger partial charge in [-0.1, -0.05) is 13.8 Å². The van der Waals surface area contributed by atoms with E-state index in [-0.39, 0.29) is 18.1 Å². The summed E-state index contributed by atoms with van der Waals surface area (Å²) in [6, 6.07) is -0.390. The monoisotopic (exact) mass is 323 g/mol. The van der Waals surface area contributed by atoms with Crippen LogP contribution >= 0.6 is 0 Å². The highest BCUT2D eigenvalue weighted by molar-refractivity contribution is 5.83. The molecule has 0 bridgehead atoms. The molecule has 0 radical (unpaired) electrons. The minimum absolute atomic E-state index is 0.0508. The third-order valence-corrected chi connectivity index (χ3v) is 3.96. The van der Waals surface area contributed by atoms with Crippen molar-refractivity contribution in [1.29, 1.82) is 0 Å². The Labute approximate surface area is 138 Å². The van der Waals surface area contributed by atoms with Gasteiger partial charge in [-0.2, -0.15) is 5.10 Å². The van der Waals surface area contributed by atoms with Crippen LogP contribution in [0.25, 0.3) is 0 Å². The summed E-state index contributed by atoms with van der Waals surface area (Å²) < 4.78 is 7.47. The maximum absolute atomic E-state index is 12.4. The Hall–Kier alpha value is -1.44. The molecule has 1 fully saturated rings. The second-order valence-electron chi connectivity index (χ2n) is 6.56. The molecule has 1 saturated heterocycles. The molecule has 0 saturated carbocycles. The molecule has 0 aliphatic carbocycles. The first-order valence-corrected chi connectivity index (χ1v) is 8.27. The number of rotatable bonds is 7. The number of likely N-dealkylation sites (N-methyl/N-ethyl adjacent to an activating group) is 1. The quantitative estimate of drug-likeness (QED) is 0.748. The molecule has 2 rings (SSSR count). The fraction of sp³-hybridized carbons (Fsp3) is 0.750. The van der Waals surface area contributed by atoms with Crippen LogP contribution in [0, 0.1) is 5.92 Å². The summed E-state index contributed by atoms with van der Waals surface area (Å²) in [6.07, 6.45) is 3.61. The van der Waals surface area contributed by atoms with Crippen molar-refractivity contribution >= 4 is 5.91 Å². The molecule has 2 unspecified atom stereocenters. The number of morpholine rings is 1. The third-order valence-electron chi connectivity index (χ3n) is 3.96. The zero-order valence-electron chi connectivity index (χ0n) is 14.6. The Bertz CT molecular complexity index is 502. The van der Waals surface area contributed by atoms with Crippen molar-refractivity contribution in [2.45, 2.75) is 26.0 Å². The number of hydrogen-bond donors (Lipinski definition) is 2. The van der Waals surface area contributed by atoms with E-state index in [0.29, 0.717) is 12.5 Å². The summed E-state index contributed by atoms with van der Waals surface area (Å²) >= 11 is 0. The van der Waals surface area contributed by atoms with Gasteiger partial charge in [0.1, 0.15) is 6.04 Å². The van der Waals surface area contributed by atoms with Crippen LogP contribution < -0.4 is 10.6 Å². The smallest absolute Gasteiger partial charge is 0.241 e. The van der Waals surface area contributed by atoms with Crippen molar-refractivity contribution in [3.8, 4) is 0 Å². The highest BCUT2D eigenvalue weighted by atomic mass is 16.5. The molecule has 1 aliphatic rings. The number of nitrogens with zero attached hydrogens (tertiary/aromatic N) is 3. The summed E-state index contributed by atoms with van der Waals surface area (Å²) in [5.74, 6) is 0.590. The van der Waals surface area contributed by atoms with Gasteiger partial charge in [-0.05, 0) is 13.0 Å². The molecule has 1 amide bonds. The van der Waals surface area contributed by atoms with Crippen LogP contribution in [0.4, 0.5) is 0 Å². The van der Waals surface area contributed by atoms with Gasteiger partial charge in [-0.3, -0.25) is 14.4 Å². The first kappa shape index (κ1) is 17.9. The van der Waals surface area contributed by atoms with Crippen LogP contribution in [-0.2, 0) is 16.6 Å². The minimum atomic E-state index is -0.390. The number of aryl methyl sites for hydroxylation is 1. The van der Waals surface area contributed by atoms with Crippen molar-refractivity contribution in [2.24, 2.45) is 13.0 Å². The molecule has 0 spiro atoms. The lowest BCUT2D eigenvalue weighted by molar-refractivity contribution is -0.124. The lowest BCUT2D eigenvalue weighted by atomic mass is 10.1. The predicted molar refractivity (Wildman–Crippen MR) is 89.0 cm³/mol. The van der Waals surface area contributed by atoms with Gasteiger partial charge in [0.15, 0.2) is 0 Å². The molecule has 23 heavy (non-hydrogen) atoms. The Balaban J connectivity index is 1.83. The van der Waals surface area contributed by atoms with Crippen LogP contribution in [0.2, 0.25) is 0 Å². The molecule has 130 valence electrons.